The highest BCUT2D eigenvalue weighted by atomic mass is 19.1. The molecule has 5 nitrogen and oxygen atoms in total. The lowest BCUT2D eigenvalue weighted by molar-refractivity contribution is -0.116. The maximum absolute atomic E-state index is 13.7. The van der Waals surface area contributed by atoms with Gasteiger partial charge in [-0.2, -0.15) is 0 Å². The first-order chi connectivity index (χ1) is 12.0. The van der Waals surface area contributed by atoms with Gasteiger partial charge in [0.15, 0.2) is 11.7 Å². The average molecular weight is 339 g/mol. The summed E-state index contributed by atoms with van der Waals surface area (Å²) in [6.07, 6.45) is 2.03. The SMILES string of the molecule is Cc1cc(NC(=O)CCc2ncc(-c3ccccc3F)o2)cc(C)n1. The van der Waals surface area contributed by atoms with Gasteiger partial charge in [0.2, 0.25) is 5.91 Å². The van der Waals surface area contributed by atoms with Gasteiger partial charge in [-0.05, 0) is 38.1 Å². The van der Waals surface area contributed by atoms with E-state index in [0.29, 0.717) is 23.6 Å². The van der Waals surface area contributed by atoms with E-state index in [1.165, 1.54) is 12.3 Å². The summed E-state index contributed by atoms with van der Waals surface area (Å²) >= 11 is 0. The fraction of sp³-hybridized carbons (Fsp3) is 0.211. The predicted molar refractivity (Wildman–Crippen MR) is 92.6 cm³/mol. The molecule has 0 saturated carbocycles. The molecular weight excluding hydrogens is 321 g/mol. The molecule has 3 aromatic rings. The number of carbonyl (C=O) groups is 1. The second-order valence-electron chi connectivity index (χ2n) is 5.78. The third-order valence-electron chi connectivity index (χ3n) is 3.62. The molecule has 0 aliphatic carbocycles. The maximum atomic E-state index is 13.7. The first kappa shape index (κ1) is 16.8. The van der Waals surface area contributed by atoms with E-state index in [2.05, 4.69) is 15.3 Å². The molecule has 0 aliphatic heterocycles. The second-order valence-corrected chi connectivity index (χ2v) is 5.78. The normalized spacial score (nSPS) is 10.7. The van der Waals surface area contributed by atoms with Crippen LogP contribution in [0.2, 0.25) is 0 Å². The van der Waals surface area contributed by atoms with Crippen LogP contribution in [0.3, 0.4) is 0 Å². The summed E-state index contributed by atoms with van der Waals surface area (Å²) < 4.78 is 19.3. The Bertz CT molecular complexity index is 885. The van der Waals surface area contributed by atoms with Gasteiger partial charge < -0.3 is 9.73 Å². The number of anilines is 1. The molecule has 128 valence electrons. The molecule has 1 aromatic carbocycles. The number of oxazole rings is 1. The smallest absolute Gasteiger partial charge is 0.224 e. The van der Waals surface area contributed by atoms with Crippen LogP contribution in [-0.4, -0.2) is 15.9 Å². The Labute approximate surface area is 144 Å². The van der Waals surface area contributed by atoms with Gasteiger partial charge in [0, 0.05) is 29.9 Å². The first-order valence-electron chi connectivity index (χ1n) is 7.96. The number of pyridine rings is 1. The second kappa shape index (κ2) is 7.25. The molecule has 3 rings (SSSR count). The van der Waals surface area contributed by atoms with Gasteiger partial charge in [-0.15, -0.1) is 0 Å². The molecule has 2 aromatic heterocycles. The van der Waals surface area contributed by atoms with E-state index in [4.69, 9.17) is 4.42 Å². The molecule has 0 spiro atoms. The van der Waals surface area contributed by atoms with Crippen LogP contribution in [0.5, 0.6) is 0 Å². The van der Waals surface area contributed by atoms with Crippen molar-refractivity contribution in [1.29, 1.82) is 0 Å². The Morgan fingerprint density at radius 1 is 1.20 bits per heavy atom. The van der Waals surface area contributed by atoms with E-state index >= 15 is 0 Å². The van der Waals surface area contributed by atoms with Crippen LogP contribution in [-0.2, 0) is 11.2 Å². The number of nitrogens with zero attached hydrogens (tertiary/aromatic N) is 2. The number of hydrogen-bond donors (Lipinski definition) is 1. The summed E-state index contributed by atoms with van der Waals surface area (Å²) in [5, 5.41) is 2.83. The number of aryl methyl sites for hydroxylation is 3. The minimum atomic E-state index is -0.369. The van der Waals surface area contributed by atoms with E-state index in [9.17, 15) is 9.18 Å². The van der Waals surface area contributed by atoms with Crippen LogP contribution < -0.4 is 5.32 Å². The number of hydrogen-bond acceptors (Lipinski definition) is 4. The van der Waals surface area contributed by atoms with E-state index in [1.807, 2.05) is 26.0 Å². The van der Waals surface area contributed by atoms with Crippen molar-refractivity contribution >= 4 is 11.6 Å². The van der Waals surface area contributed by atoms with Crippen LogP contribution in [0.25, 0.3) is 11.3 Å². The van der Waals surface area contributed by atoms with Gasteiger partial charge in [-0.3, -0.25) is 9.78 Å². The highest BCUT2D eigenvalue weighted by molar-refractivity contribution is 5.90. The van der Waals surface area contributed by atoms with Crippen molar-refractivity contribution in [2.75, 3.05) is 5.32 Å². The van der Waals surface area contributed by atoms with Gasteiger partial charge in [0.1, 0.15) is 5.82 Å². The monoisotopic (exact) mass is 339 g/mol. The third kappa shape index (κ3) is 4.29. The fourth-order valence-electron chi connectivity index (χ4n) is 2.56. The lowest BCUT2D eigenvalue weighted by atomic mass is 10.2. The largest absolute Gasteiger partial charge is 0.441 e. The van der Waals surface area contributed by atoms with Crippen molar-refractivity contribution in [2.24, 2.45) is 0 Å². The summed E-state index contributed by atoms with van der Waals surface area (Å²) in [7, 11) is 0. The molecule has 0 radical (unpaired) electrons. The lowest BCUT2D eigenvalue weighted by Gasteiger charge is -2.06. The molecule has 25 heavy (non-hydrogen) atoms. The van der Waals surface area contributed by atoms with Crippen molar-refractivity contribution in [3.8, 4) is 11.3 Å². The Morgan fingerprint density at radius 3 is 2.64 bits per heavy atom. The molecule has 1 N–H and O–H groups in total. The topological polar surface area (TPSA) is 68.0 Å². The van der Waals surface area contributed by atoms with E-state index in [1.54, 1.807) is 18.2 Å². The lowest BCUT2D eigenvalue weighted by Crippen LogP contribution is -2.13. The number of carbonyl (C=O) groups excluding carboxylic acids is 1. The molecule has 0 atom stereocenters. The Hall–Kier alpha value is -3.02. The molecule has 0 saturated heterocycles. The quantitative estimate of drug-likeness (QED) is 0.761. The van der Waals surface area contributed by atoms with E-state index in [0.717, 1.165) is 17.1 Å². The first-order valence-corrected chi connectivity index (χ1v) is 7.96. The summed E-state index contributed by atoms with van der Waals surface area (Å²) in [6.45, 7) is 3.75. The highest BCUT2D eigenvalue weighted by Crippen LogP contribution is 2.23. The number of amides is 1. The minimum absolute atomic E-state index is 0.143. The molecular formula is C19H18FN3O2. The molecule has 0 bridgehead atoms. The van der Waals surface area contributed by atoms with Gasteiger partial charge in [0.05, 0.1) is 11.8 Å². The number of benzene rings is 1. The van der Waals surface area contributed by atoms with Crippen molar-refractivity contribution in [2.45, 2.75) is 26.7 Å². The van der Waals surface area contributed by atoms with Crippen LogP contribution in [0, 0.1) is 19.7 Å². The molecule has 0 fully saturated rings. The fourth-order valence-corrected chi connectivity index (χ4v) is 2.56. The number of rotatable bonds is 5. The number of halogens is 1. The number of nitrogens with one attached hydrogen (secondary N) is 1. The molecule has 0 unspecified atom stereocenters. The van der Waals surface area contributed by atoms with Crippen molar-refractivity contribution < 1.29 is 13.6 Å². The summed E-state index contributed by atoms with van der Waals surface area (Å²) in [4.78, 5) is 20.5. The standard InChI is InChI=1S/C19H18FN3O2/c1-12-9-14(10-13(2)22-12)23-18(24)7-8-19-21-11-17(25-19)15-5-3-4-6-16(15)20/h3-6,9-11H,7-8H2,1-2H3,(H,22,23,24). The molecule has 2 heterocycles. The average Bonchev–Trinajstić information content (AvgIpc) is 3.01. The highest BCUT2D eigenvalue weighted by Gasteiger charge is 2.12. The van der Waals surface area contributed by atoms with Crippen LogP contribution in [0.1, 0.15) is 23.7 Å². The van der Waals surface area contributed by atoms with E-state index < -0.39 is 0 Å². The van der Waals surface area contributed by atoms with Gasteiger partial charge in [-0.25, -0.2) is 9.37 Å². The summed E-state index contributed by atoms with van der Waals surface area (Å²) in [5.41, 5.74) is 2.76. The van der Waals surface area contributed by atoms with Crippen molar-refractivity contribution in [3.05, 3.63) is 65.7 Å². The zero-order chi connectivity index (χ0) is 17.8. The minimum Gasteiger partial charge on any atom is -0.441 e. The molecule has 6 heteroatoms. The van der Waals surface area contributed by atoms with Crippen LogP contribution in [0.15, 0.2) is 47.0 Å². The van der Waals surface area contributed by atoms with Gasteiger partial charge in [0.25, 0.3) is 0 Å². The summed E-state index contributed by atoms with van der Waals surface area (Å²) in [6, 6.07) is 9.96. The van der Waals surface area contributed by atoms with Crippen molar-refractivity contribution in [1.82, 2.24) is 9.97 Å². The van der Waals surface area contributed by atoms with E-state index in [-0.39, 0.29) is 18.1 Å². The van der Waals surface area contributed by atoms with Crippen LogP contribution >= 0.6 is 0 Å². The van der Waals surface area contributed by atoms with Crippen molar-refractivity contribution in [3.63, 3.8) is 0 Å². The Morgan fingerprint density at radius 2 is 1.92 bits per heavy atom. The zero-order valence-corrected chi connectivity index (χ0v) is 14.0. The van der Waals surface area contributed by atoms with Gasteiger partial charge >= 0.3 is 0 Å². The Balaban J connectivity index is 1.60. The maximum Gasteiger partial charge on any atom is 0.224 e. The van der Waals surface area contributed by atoms with Gasteiger partial charge in [-0.1, -0.05) is 12.1 Å². The Kier molecular flexibility index (Phi) is 4.88. The predicted octanol–water partition coefficient (Wildman–Crippen LogP) is 4.06. The van der Waals surface area contributed by atoms with Crippen LogP contribution in [0.4, 0.5) is 10.1 Å². The zero-order valence-electron chi connectivity index (χ0n) is 14.0. The third-order valence-corrected chi connectivity index (χ3v) is 3.62. The molecule has 0 aliphatic rings. The molecule has 1 amide bonds. The number of aromatic nitrogens is 2. The summed E-state index contributed by atoms with van der Waals surface area (Å²) in [5.74, 6) is 0.242.